The molecule has 6 nitrogen and oxygen atoms in total. The van der Waals surface area contributed by atoms with E-state index < -0.39 is 0 Å². The van der Waals surface area contributed by atoms with Crippen molar-refractivity contribution in [3.8, 4) is 0 Å². The van der Waals surface area contributed by atoms with Gasteiger partial charge in [0.1, 0.15) is 0 Å². The van der Waals surface area contributed by atoms with E-state index >= 15 is 0 Å². The third-order valence-corrected chi connectivity index (χ3v) is 4.49. The molecule has 0 aromatic carbocycles. The van der Waals surface area contributed by atoms with E-state index in [1.54, 1.807) is 15.3 Å². The highest BCUT2D eigenvalue weighted by Crippen LogP contribution is 2.19. The quantitative estimate of drug-likeness (QED) is 0.909. The second kappa shape index (κ2) is 7.26. The van der Waals surface area contributed by atoms with Crippen LogP contribution in [0.15, 0.2) is 29.2 Å². The molecule has 1 aliphatic rings. The molecule has 2 N–H and O–H groups in total. The third kappa shape index (κ3) is 3.51. The minimum Gasteiger partial charge on any atom is -0.328 e. The summed E-state index contributed by atoms with van der Waals surface area (Å²) in [5.74, 6) is 0.638. The Bertz CT molecular complexity index is 657. The summed E-state index contributed by atoms with van der Waals surface area (Å²) in [7, 11) is 0. The molecule has 0 radical (unpaired) electrons. The van der Waals surface area contributed by atoms with E-state index in [2.05, 4.69) is 16.9 Å². The average Bonchev–Trinajstić information content (AvgIpc) is 2.82. The molecule has 1 fully saturated rings. The maximum absolute atomic E-state index is 12.2. The summed E-state index contributed by atoms with van der Waals surface area (Å²) < 4.78 is 3.15. The van der Waals surface area contributed by atoms with Crippen LogP contribution < -0.4 is 11.4 Å². The first-order valence-corrected chi connectivity index (χ1v) is 7.67. The monoisotopic (exact) mass is 325 g/mol. The standard InChI is InChI=1S/C15H23N5O.ClH/c1-12(16)13-5-8-18(9-6-13)10-11-20-15(21)19-7-3-2-4-14(19)17-20;/h2-4,7,12-13H,5-6,8-11,16H2,1H3;1H. The Labute approximate surface area is 136 Å². The Balaban J connectivity index is 0.00000176. The topological polar surface area (TPSA) is 68.6 Å². The van der Waals surface area contributed by atoms with Gasteiger partial charge in [0, 0.05) is 18.8 Å². The summed E-state index contributed by atoms with van der Waals surface area (Å²) in [5, 5.41) is 4.36. The first-order chi connectivity index (χ1) is 10.1. The van der Waals surface area contributed by atoms with Crippen LogP contribution >= 0.6 is 12.4 Å². The zero-order chi connectivity index (χ0) is 14.8. The second-order valence-corrected chi connectivity index (χ2v) is 5.97. The van der Waals surface area contributed by atoms with Gasteiger partial charge in [0.15, 0.2) is 5.65 Å². The summed E-state index contributed by atoms with van der Waals surface area (Å²) in [6.45, 7) is 5.73. The molecular formula is C15H24ClN5O. The van der Waals surface area contributed by atoms with Crippen LogP contribution in [0.1, 0.15) is 19.8 Å². The van der Waals surface area contributed by atoms with Gasteiger partial charge in [-0.2, -0.15) is 0 Å². The zero-order valence-electron chi connectivity index (χ0n) is 12.9. The van der Waals surface area contributed by atoms with Crippen LogP contribution in [0.25, 0.3) is 5.65 Å². The van der Waals surface area contributed by atoms with Crippen LogP contribution in [-0.2, 0) is 6.54 Å². The second-order valence-electron chi connectivity index (χ2n) is 5.97. The van der Waals surface area contributed by atoms with Gasteiger partial charge in [-0.05, 0) is 50.9 Å². The number of rotatable bonds is 4. The normalized spacial score (nSPS) is 18.3. The number of fused-ring (bicyclic) bond motifs is 1. The highest BCUT2D eigenvalue weighted by Gasteiger charge is 2.21. The highest BCUT2D eigenvalue weighted by molar-refractivity contribution is 5.85. The van der Waals surface area contributed by atoms with E-state index in [-0.39, 0.29) is 24.1 Å². The highest BCUT2D eigenvalue weighted by atomic mass is 35.5. The summed E-state index contributed by atoms with van der Waals surface area (Å²) in [4.78, 5) is 14.6. The maximum Gasteiger partial charge on any atom is 0.350 e. The molecule has 1 unspecified atom stereocenters. The Morgan fingerprint density at radius 2 is 2.05 bits per heavy atom. The zero-order valence-corrected chi connectivity index (χ0v) is 13.7. The van der Waals surface area contributed by atoms with Crippen LogP contribution in [0.4, 0.5) is 0 Å². The van der Waals surface area contributed by atoms with Gasteiger partial charge in [0.2, 0.25) is 0 Å². The summed E-state index contributed by atoms with van der Waals surface area (Å²) in [6.07, 6.45) is 4.06. The maximum atomic E-state index is 12.2. The van der Waals surface area contributed by atoms with Crippen molar-refractivity contribution < 1.29 is 0 Å². The number of hydrogen-bond donors (Lipinski definition) is 1. The predicted molar refractivity (Wildman–Crippen MR) is 89.5 cm³/mol. The lowest BCUT2D eigenvalue weighted by Gasteiger charge is -2.33. The van der Waals surface area contributed by atoms with Crippen LogP contribution in [0.2, 0.25) is 0 Å². The van der Waals surface area contributed by atoms with Crippen molar-refractivity contribution >= 4 is 18.1 Å². The van der Waals surface area contributed by atoms with Gasteiger partial charge in [0.25, 0.3) is 0 Å². The van der Waals surface area contributed by atoms with E-state index in [0.29, 0.717) is 18.1 Å². The smallest absolute Gasteiger partial charge is 0.328 e. The Kier molecular flexibility index (Phi) is 5.61. The molecule has 1 atom stereocenters. The lowest BCUT2D eigenvalue weighted by molar-refractivity contribution is 0.165. The SMILES string of the molecule is CC(N)C1CCN(CCn2nc3ccccn3c2=O)CC1.Cl. The lowest BCUT2D eigenvalue weighted by atomic mass is 9.91. The Morgan fingerprint density at radius 3 is 2.68 bits per heavy atom. The summed E-state index contributed by atoms with van der Waals surface area (Å²) >= 11 is 0. The molecule has 122 valence electrons. The molecule has 1 aliphatic heterocycles. The van der Waals surface area contributed by atoms with E-state index in [1.165, 1.54) is 0 Å². The van der Waals surface area contributed by atoms with Gasteiger partial charge in [-0.15, -0.1) is 17.5 Å². The van der Waals surface area contributed by atoms with Gasteiger partial charge in [0.05, 0.1) is 6.54 Å². The van der Waals surface area contributed by atoms with Crippen LogP contribution in [0.5, 0.6) is 0 Å². The predicted octanol–water partition coefficient (Wildman–Crippen LogP) is 0.977. The van der Waals surface area contributed by atoms with E-state index in [0.717, 1.165) is 32.5 Å². The summed E-state index contributed by atoms with van der Waals surface area (Å²) in [6, 6.07) is 5.88. The summed E-state index contributed by atoms with van der Waals surface area (Å²) in [5.41, 5.74) is 6.61. The molecule has 0 bridgehead atoms. The minimum absolute atomic E-state index is 0. The van der Waals surface area contributed by atoms with Crippen molar-refractivity contribution in [2.45, 2.75) is 32.4 Å². The lowest BCUT2D eigenvalue weighted by Crippen LogP contribution is -2.41. The molecule has 2 aromatic rings. The van der Waals surface area contributed by atoms with Gasteiger partial charge >= 0.3 is 5.69 Å². The molecule has 0 aliphatic carbocycles. The molecular weight excluding hydrogens is 302 g/mol. The number of pyridine rings is 1. The van der Waals surface area contributed by atoms with Gasteiger partial charge in [-0.25, -0.2) is 9.48 Å². The number of hydrogen-bond acceptors (Lipinski definition) is 4. The first-order valence-electron chi connectivity index (χ1n) is 7.67. The fraction of sp³-hybridized carbons (Fsp3) is 0.600. The molecule has 0 spiro atoms. The largest absolute Gasteiger partial charge is 0.350 e. The average molecular weight is 326 g/mol. The van der Waals surface area contributed by atoms with Crippen molar-refractivity contribution in [3.63, 3.8) is 0 Å². The molecule has 0 saturated carbocycles. The number of likely N-dealkylation sites (tertiary alicyclic amines) is 1. The molecule has 3 rings (SSSR count). The van der Waals surface area contributed by atoms with Crippen molar-refractivity contribution in [2.75, 3.05) is 19.6 Å². The number of nitrogens with two attached hydrogens (primary N) is 1. The molecule has 3 heterocycles. The van der Waals surface area contributed by atoms with Crippen molar-refractivity contribution in [1.82, 2.24) is 19.1 Å². The first kappa shape index (κ1) is 17.0. The fourth-order valence-corrected chi connectivity index (χ4v) is 3.05. The molecule has 2 aromatic heterocycles. The molecule has 22 heavy (non-hydrogen) atoms. The number of aromatic nitrogens is 3. The number of halogens is 1. The van der Waals surface area contributed by atoms with E-state index in [9.17, 15) is 4.79 Å². The number of piperidine rings is 1. The van der Waals surface area contributed by atoms with E-state index in [1.807, 2.05) is 18.2 Å². The fourth-order valence-electron chi connectivity index (χ4n) is 3.05. The van der Waals surface area contributed by atoms with Gasteiger partial charge < -0.3 is 10.6 Å². The molecule has 0 amide bonds. The van der Waals surface area contributed by atoms with E-state index in [4.69, 9.17) is 5.73 Å². The van der Waals surface area contributed by atoms with Crippen LogP contribution in [0.3, 0.4) is 0 Å². The van der Waals surface area contributed by atoms with Crippen LogP contribution in [-0.4, -0.2) is 44.8 Å². The van der Waals surface area contributed by atoms with Crippen molar-refractivity contribution in [3.05, 3.63) is 34.9 Å². The molecule has 7 heteroatoms. The van der Waals surface area contributed by atoms with Crippen molar-refractivity contribution in [2.24, 2.45) is 11.7 Å². The van der Waals surface area contributed by atoms with Gasteiger partial charge in [-0.1, -0.05) is 6.07 Å². The van der Waals surface area contributed by atoms with Crippen LogP contribution in [0, 0.1) is 5.92 Å². The van der Waals surface area contributed by atoms with Gasteiger partial charge in [-0.3, -0.25) is 4.40 Å². The third-order valence-electron chi connectivity index (χ3n) is 4.49. The Hall–Kier alpha value is -1.37. The number of nitrogens with zero attached hydrogens (tertiary/aromatic N) is 4. The Morgan fingerprint density at radius 1 is 1.32 bits per heavy atom. The minimum atomic E-state index is -0.0592. The van der Waals surface area contributed by atoms with Crippen molar-refractivity contribution in [1.29, 1.82) is 0 Å². The molecule has 1 saturated heterocycles.